The Morgan fingerprint density at radius 2 is 1.62 bits per heavy atom. The zero-order chi connectivity index (χ0) is 16.4. The number of aliphatic carboxylic acids is 2. The summed E-state index contributed by atoms with van der Waals surface area (Å²) < 4.78 is 50.8. The summed E-state index contributed by atoms with van der Waals surface area (Å²) in [5.41, 5.74) is -2.73. The van der Waals surface area contributed by atoms with E-state index in [9.17, 15) is 31.9 Å². The van der Waals surface area contributed by atoms with Crippen molar-refractivity contribution in [2.75, 3.05) is 0 Å². The van der Waals surface area contributed by atoms with Crippen LogP contribution in [0.25, 0.3) is 0 Å². The van der Waals surface area contributed by atoms with Gasteiger partial charge in [-0.15, -0.1) is 0 Å². The van der Waals surface area contributed by atoms with Crippen LogP contribution in [-0.4, -0.2) is 34.1 Å². The second-order valence-electron chi connectivity index (χ2n) is 3.77. The van der Waals surface area contributed by atoms with Gasteiger partial charge in [-0.05, 0) is 18.2 Å². The van der Waals surface area contributed by atoms with Crippen molar-refractivity contribution < 1.29 is 42.2 Å². The van der Waals surface area contributed by atoms with Crippen LogP contribution in [-0.2, 0) is 15.8 Å². The number of benzene rings is 1. The fourth-order valence-electron chi connectivity index (χ4n) is 1.39. The molecule has 21 heavy (non-hydrogen) atoms. The molecule has 0 heterocycles. The van der Waals surface area contributed by atoms with Gasteiger partial charge in [-0.2, -0.15) is 13.2 Å². The topological polar surface area (TPSA) is 104 Å². The van der Waals surface area contributed by atoms with Gasteiger partial charge >= 0.3 is 18.1 Å². The Hall–Kier alpha value is -2.65. The number of hydrogen-bond donors (Lipinski definition) is 3. The number of carbonyl (C=O) groups is 3. The van der Waals surface area contributed by atoms with Crippen molar-refractivity contribution in [1.29, 1.82) is 0 Å². The number of carboxylic acids is 2. The summed E-state index contributed by atoms with van der Waals surface area (Å²) in [6.45, 7) is 0. The lowest BCUT2D eigenvalue weighted by atomic mass is 10.1. The molecule has 0 fully saturated rings. The molecule has 114 valence electrons. The van der Waals surface area contributed by atoms with Gasteiger partial charge < -0.3 is 15.5 Å². The SMILES string of the molecule is O=C(NC(C(=O)O)C(=O)O)c1ccc(F)cc1C(F)(F)F. The quantitative estimate of drug-likeness (QED) is 0.571. The van der Waals surface area contributed by atoms with Crippen molar-refractivity contribution >= 4 is 17.8 Å². The molecule has 0 saturated carbocycles. The van der Waals surface area contributed by atoms with Crippen LogP contribution in [0.2, 0.25) is 0 Å². The molecule has 0 bridgehead atoms. The highest BCUT2D eigenvalue weighted by atomic mass is 19.4. The van der Waals surface area contributed by atoms with E-state index >= 15 is 0 Å². The summed E-state index contributed by atoms with van der Waals surface area (Å²) in [5.74, 6) is -6.79. The normalized spacial score (nSPS) is 11.3. The van der Waals surface area contributed by atoms with Crippen molar-refractivity contribution in [2.45, 2.75) is 12.2 Å². The Bertz CT molecular complexity index is 585. The van der Waals surface area contributed by atoms with Crippen LogP contribution >= 0.6 is 0 Å². The third kappa shape index (κ3) is 3.91. The van der Waals surface area contributed by atoms with Crippen LogP contribution in [0.1, 0.15) is 15.9 Å². The fourth-order valence-corrected chi connectivity index (χ4v) is 1.39. The van der Waals surface area contributed by atoms with Crippen molar-refractivity contribution in [1.82, 2.24) is 5.32 Å². The number of rotatable bonds is 4. The molecule has 10 heteroatoms. The predicted octanol–water partition coefficient (Wildman–Crippen LogP) is 1.11. The minimum Gasteiger partial charge on any atom is -0.479 e. The Morgan fingerprint density at radius 1 is 1.10 bits per heavy atom. The van der Waals surface area contributed by atoms with Gasteiger partial charge in [0.2, 0.25) is 6.04 Å². The average molecular weight is 309 g/mol. The number of hydrogen-bond acceptors (Lipinski definition) is 3. The first kappa shape index (κ1) is 16.4. The monoisotopic (exact) mass is 309 g/mol. The van der Waals surface area contributed by atoms with Gasteiger partial charge in [0, 0.05) is 0 Å². The van der Waals surface area contributed by atoms with Crippen LogP contribution in [0.4, 0.5) is 17.6 Å². The number of amides is 1. The number of nitrogens with one attached hydrogen (secondary N) is 1. The van der Waals surface area contributed by atoms with E-state index in [0.717, 1.165) is 0 Å². The highest BCUT2D eigenvalue weighted by Gasteiger charge is 2.37. The van der Waals surface area contributed by atoms with Gasteiger partial charge in [-0.25, -0.2) is 14.0 Å². The van der Waals surface area contributed by atoms with Gasteiger partial charge in [0.25, 0.3) is 5.91 Å². The molecule has 0 radical (unpaired) electrons. The summed E-state index contributed by atoms with van der Waals surface area (Å²) in [5, 5.41) is 18.5. The molecular weight excluding hydrogens is 302 g/mol. The number of alkyl halides is 3. The molecule has 0 saturated heterocycles. The van der Waals surface area contributed by atoms with E-state index in [1.165, 1.54) is 5.32 Å². The molecular formula is C11H7F4NO5. The second kappa shape index (κ2) is 5.77. The molecule has 3 N–H and O–H groups in total. The van der Waals surface area contributed by atoms with Crippen LogP contribution in [0.15, 0.2) is 18.2 Å². The van der Waals surface area contributed by atoms with Crippen molar-refractivity contribution in [3.05, 3.63) is 35.1 Å². The van der Waals surface area contributed by atoms with Gasteiger partial charge in [-0.3, -0.25) is 4.79 Å². The molecule has 0 aromatic heterocycles. The fraction of sp³-hybridized carbons (Fsp3) is 0.182. The first-order valence-electron chi connectivity index (χ1n) is 5.17. The minimum absolute atomic E-state index is 0.0471. The molecule has 0 aliphatic carbocycles. The molecule has 0 unspecified atom stereocenters. The molecule has 1 rings (SSSR count). The zero-order valence-corrected chi connectivity index (χ0v) is 9.94. The molecule has 1 aromatic carbocycles. The van der Waals surface area contributed by atoms with E-state index in [1.54, 1.807) is 0 Å². The summed E-state index contributed by atoms with van der Waals surface area (Å²) in [6.07, 6.45) is -5.07. The Balaban J connectivity index is 3.19. The molecule has 0 aliphatic heterocycles. The summed E-state index contributed by atoms with van der Waals surface area (Å²) in [4.78, 5) is 32.7. The van der Waals surface area contributed by atoms with Crippen molar-refractivity contribution in [3.8, 4) is 0 Å². The van der Waals surface area contributed by atoms with Crippen LogP contribution in [0, 0.1) is 5.82 Å². The maximum atomic E-state index is 12.8. The van der Waals surface area contributed by atoms with E-state index in [4.69, 9.17) is 10.2 Å². The van der Waals surface area contributed by atoms with Crippen molar-refractivity contribution in [2.24, 2.45) is 0 Å². The summed E-state index contributed by atoms with van der Waals surface area (Å²) in [7, 11) is 0. The first-order chi connectivity index (χ1) is 9.54. The Morgan fingerprint density at radius 3 is 2.05 bits per heavy atom. The maximum absolute atomic E-state index is 12.8. The highest BCUT2D eigenvalue weighted by Crippen LogP contribution is 2.32. The standard InChI is InChI=1S/C11H7F4NO5/c12-4-1-2-5(6(3-4)11(13,14)15)8(17)16-7(9(18)19)10(20)21/h1-3,7H,(H,16,17)(H,18,19)(H,20,21). The number of carboxylic acid groups (broad SMARTS) is 2. The van der Waals surface area contributed by atoms with Crippen LogP contribution < -0.4 is 5.32 Å². The largest absolute Gasteiger partial charge is 0.479 e. The Labute approximate surface area is 114 Å². The molecule has 0 spiro atoms. The second-order valence-corrected chi connectivity index (χ2v) is 3.77. The molecule has 1 amide bonds. The zero-order valence-electron chi connectivity index (χ0n) is 9.94. The smallest absolute Gasteiger partial charge is 0.417 e. The van der Waals surface area contributed by atoms with E-state index in [0.29, 0.717) is 12.1 Å². The molecule has 1 aromatic rings. The summed E-state index contributed by atoms with van der Waals surface area (Å²) >= 11 is 0. The molecule has 0 atom stereocenters. The van der Waals surface area contributed by atoms with Gasteiger partial charge in [0.15, 0.2) is 0 Å². The molecule has 6 nitrogen and oxygen atoms in total. The average Bonchev–Trinajstić information content (AvgIpc) is 2.33. The van der Waals surface area contributed by atoms with Gasteiger partial charge in [-0.1, -0.05) is 0 Å². The summed E-state index contributed by atoms with van der Waals surface area (Å²) in [6, 6.07) is -1.34. The highest BCUT2D eigenvalue weighted by molar-refractivity contribution is 6.05. The Kier molecular flexibility index (Phi) is 4.51. The number of halogens is 4. The third-order valence-electron chi connectivity index (χ3n) is 2.30. The van der Waals surface area contributed by atoms with E-state index in [-0.39, 0.29) is 6.07 Å². The lowest BCUT2D eigenvalue weighted by molar-refractivity contribution is -0.150. The molecule has 0 aliphatic rings. The first-order valence-corrected chi connectivity index (χ1v) is 5.17. The van der Waals surface area contributed by atoms with Gasteiger partial charge in [0.1, 0.15) is 5.82 Å². The number of carbonyl (C=O) groups excluding carboxylic acids is 1. The van der Waals surface area contributed by atoms with Crippen LogP contribution in [0.3, 0.4) is 0 Å². The van der Waals surface area contributed by atoms with Crippen LogP contribution in [0.5, 0.6) is 0 Å². The minimum atomic E-state index is -5.07. The van der Waals surface area contributed by atoms with Crippen molar-refractivity contribution in [3.63, 3.8) is 0 Å². The third-order valence-corrected chi connectivity index (χ3v) is 2.30. The lowest BCUT2D eigenvalue weighted by Gasteiger charge is -2.14. The van der Waals surface area contributed by atoms with E-state index < -0.39 is 47.0 Å². The van der Waals surface area contributed by atoms with E-state index in [2.05, 4.69) is 0 Å². The predicted molar refractivity (Wildman–Crippen MR) is 57.9 cm³/mol. The maximum Gasteiger partial charge on any atom is 0.417 e. The lowest BCUT2D eigenvalue weighted by Crippen LogP contribution is -2.46. The van der Waals surface area contributed by atoms with E-state index in [1.807, 2.05) is 0 Å². The van der Waals surface area contributed by atoms with Gasteiger partial charge in [0.05, 0.1) is 11.1 Å².